The lowest BCUT2D eigenvalue weighted by Crippen LogP contribution is -2.36. The molecule has 0 fully saturated rings. The summed E-state index contributed by atoms with van der Waals surface area (Å²) in [4.78, 5) is 0. The molecule has 1 aromatic rings. The summed E-state index contributed by atoms with van der Waals surface area (Å²) in [6, 6.07) is 2.94. The van der Waals surface area contributed by atoms with Crippen molar-refractivity contribution in [1.82, 2.24) is 0 Å². The molecule has 0 saturated carbocycles. The van der Waals surface area contributed by atoms with Crippen molar-refractivity contribution >= 4 is 0 Å². The molecule has 2 nitrogen and oxygen atoms in total. The number of rotatable bonds is 3. The van der Waals surface area contributed by atoms with Gasteiger partial charge in [-0.1, -0.05) is 12.1 Å². The van der Waals surface area contributed by atoms with Crippen molar-refractivity contribution < 1.29 is 18.3 Å². The molecule has 0 aromatic heterocycles. The van der Waals surface area contributed by atoms with Crippen LogP contribution in [0.1, 0.15) is 11.6 Å². The van der Waals surface area contributed by atoms with Crippen molar-refractivity contribution in [3.63, 3.8) is 0 Å². The topological polar surface area (TPSA) is 46.2 Å². The van der Waals surface area contributed by atoms with Crippen LogP contribution in [-0.2, 0) is 0 Å². The largest absolute Gasteiger partial charge is 0.390 e. The van der Waals surface area contributed by atoms with Crippen LogP contribution in [0.2, 0.25) is 0 Å². The minimum Gasteiger partial charge on any atom is -0.390 e. The maximum atomic E-state index is 12.9. The summed E-state index contributed by atoms with van der Waals surface area (Å²) in [6.45, 7) is -1.36. The van der Waals surface area contributed by atoms with Crippen molar-refractivity contribution in [2.24, 2.45) is 5.73 Å². The minimum atomic E-state index is -3.44. The first-order valence-electron chi connectivity index (χ1n) is 3.97. The summed E-state index contributed by atoms with van der Waals surface area (Å²) in [7, 11) is 0. The fourth-order valence-corrected chi connectivity index (χ4v) is 1.04. The lowest BCUT2D eigenvalue weighted by atomic mass is 10.0. The molecule has 1 aromatic carbocycles. The van der Waals surface area contributed by atoms with Crippen molar-refractivity contribution in [2.45, 2.75) is 12.0 Å². The summed E-state index contributed by atoms with van der Waals surface area (Å²) in [5.74, 6) is -4.07. The van der Waals surface area contributed by atoms with Crippen LogP contribution in [0.3, 0.4) is 0 Å². The summed E-state index contributed by atoms with van der Waals surface area (Å²) < 4.78 is 38.4. The Morgan fingerprint density at radius 3 is 2.57 bits per heavy atom. The average molecular weight is 205 g/mol. The van der Waals surface area contributed by atoms with Gasteiger partial charge in [0.2, 0.25) is 0 Å². The predicted octanol–water partition coefficient (Wildman–Crippen LogP) is 1.45. The number of nitrogens with two attached hydrogens (primary N) is 1. The Labute approximate surface area is 79.2 Å². The zero-order chi connectivity index (χ0) is 10.8. The van der Waals surface area contributed by atoms with Crippen molar-refractivity contribution in [1.29, 1.82) is 0 Å². The summed E-state index contributed by atoms with van der Waals surface area (Å²) >= 11 is 0. The first-order valence-corrected chi connectivity index (χ1v) is 3.97. The smallest absolute Gasteiger partial charge is 0.289 e. The molecule has 1 rings (SSSR count). The quantitative estimate of drug-likeness (QED) is 0.784. The summed E-state index contributed by atoms with van der Waals surface area (Å²) in [5, 5.41) is 8.37. The SMILES string of the molecule is NC(c1cccc(F)c1)C(F)(F)CO. The standard InChI is InChI=1S/C9H10F3NO/c10-7-3-1-2-6(4-7)8(13)9(11,12)5-14/h1-4,8,14H,5,13H2. The third kappa shape index (κ3) is 2.24. The molecule has 3 N–H and O–H groups in total. The zero-order valence-corrected chi connectivity index (χ0v) is 7.25. The molecule has 0 aliphatic heterocycles. The Morgan fingerprint density at radius 2 is 2.07 bits per heavy atom. The van der Waals surface area contributed by atoms with E-state index in [1.807, 2.05) is 0 Å². The number of aliphatic hydroxyl groups is 1. The fraction of sp³-hybridized carbons (Fsp3) is 0.333. The highest BCUT2D eigenvalue weighted by atomic mass is 19.3. The minimum absolute atomic E-state index is 0.0379. The lowest BCUT2D eigenvalue weighted by molar-refractivity contribution is -0.0712. The molecule has 14 heavy (non-hydrogen) atoms. The monoisotopic (exact) mass is 205 g/mol. The molecule has 5 heteroatoms. The number of benzene rings is 1. The molecule has 78 valence electrons. The highest BCUT2D eigenvalue weighted by molar-refractivity contribution is 5.21. The Bertz CT molecular complexity index is 317. The number of hydrogen-bond acceptors (Lipinski definition) is 2. The molecule has 0 bridgehead atoms. The Balaban J connectivity index is 2.94. The predicted molar refractivity (Wildman–Crippen MR) is 45.4 cm³/mol. The molecule has 0 amide bonds. The highest BCUT2D eigenvalue weighted by Crippen LogP contribution is 2.28. The van der Waals surface area contributed by atoms with Gasteiger partial charge >= 0.3 is 0 Å². The van der Waals surface area contributed by atoms with E-state index < -0.39 is 24.4 Å². The maximum absolute atomic E-state index is 12.9. The van der Waals surface area contributed by atoms with Crippen LogP contribution in [0.15, 0.2) is 24.3 Å². The van der Waals surface area contributed by atoms with Gasteiger partial charge in [-0.15, -0.1) is 0 Å². The molecule has 1 atom stereocenters. The number of halogens is 3. The van der Waals surface area contributed by atoms with Crippen LogP contribution in [-0.4, -0.2) is 17.6 Å². The van der Waals surface area contributed by atoms with E-state index in [0.29, 0.717) is 0 Å². The van der Waals surface area contributed by atoms with Crippen molar-refractivity contribution in [3.8, 4) is 0 Å². The van der Waals surface area contributed by atoms with E-state index in [9.17, 15) is 13.2 Å². The van der Waals surface area contributed by atoms with Gasteiger partial charge in [-0.05, 0) is 17.7 Å². The number of alkyl halides is 2. The van der Waals surface area contributed by atoms with Gasteiger partial charge in [-0.25, -0.2) is 13.2 Å². The van der Waals surface area contributed by atoms with Gasteiger partial charge in [-0.2, -0.15) is 0 Å². The van der Waals surface area contributed by atoms with Gasteiger partial charge in [-0.3, -0.25) is 0 Å². The van der Waals surface area contributed by atoms with Crippen LogP contribution in [0, 0.1) is 5.82 Å². The van der Waals surface area contributed by atoms with Gasteiger partial charge in [0.25, 0.3) is 5.92 Å². The molecule has 0 radical (unpaired) electrons. The second kappa shape index (κ2) is 3.98. The van der Waals surface area contributed by atoms with Crippen LogP contribution in [0.4, 0.5) is 13.2 Å². The van der Waals surface area contributed by atoms with E-state index in [1.165, 1.54) is 12.1 Å². The molecular weight excluding hydrogens is 195 g/mol. The first-order chi connectivity index (χ1) is 6.47. The first kappa shape index (κ1) is 11.0. The Morgan fingerprint density at radius 1 is 1.43 bits per heavy atom. The van der Waals surface area contributed by atoms with Crippen LogP contribution in [0.25, 0.3) is 0 Å². The maximum Gasteiger partial charge on any atom is 0.289 e. The summed E-state index contributed by atoms with van der Waals surface area (Å²) in [6.07, 6.45) is 0. The third-order valence-corrected chi connectivity index (χ3v) is 1.87. The molecule has 0 saturated heterocycles. The summed E-state index contributed by atoms with van der Waals surface area (Å²) in [5.41, 5.74) is 5.14. The molecule has 0 spiro atoms. The van der Waals surface area contributed by atoms with Gasteiger partial charge < -0.3 is 10.8 Å². The van der Waals surface area contributed by atoms with E-state index >= 15 is 0 Å². The fourth-order valence-electron chi connectivity index (χ4n) is 1.04. The van der Waals surface area contributed by atoms with Gasteiger partial charge in [0.1, 0.15) is 12.4 Å². The van der Waals surface area contributed by atoms with Gasteiger partial charge in [0.15, 0.2) is 0 Å². The Kier molecular flexibility index (Phi) is 3.13. The second-order valence-electron chi connectivity index (χ2n) is 2.95. The van der Waals surface area contributed by atoms with E-state index in [2.05, 4.69) is 0 Å². The molecule has 0 aliphatic rings. The molecule has 1 unspecified atom stereocenters. The van der Waals surface area contributed by atoms with Gasteiger partial charge in [0.05, 0.1) is 6.04 Å². The number of aliphatic hydroxyl groups excluding tert-OH is 1. The third-order valence-electron chi connectivity index (χ3n) is 1.87. The van der Waals surface area contributed by atoms with Crippen LogP contribution >= 0.6 is 0 Å². The second-order valence-corrected chi connectivity index (χ2v) is 2.95. The van der Waals surface area contributed by atoms with E-state index in [0.717, 1.165) is 12.1 Å². The van der Waals surface area contributed by atoms with Crippen LogP contribution in [0.5, 0.6) is 0 Å². The Hall–Kier alpha value is -1.07. The van der Waals surface area contributed by atoms with Crippen molar-refractivity contribution in [3.05, 3.63) is 35.6 Å². The van der Waals surface area contributed by atoms with E-state index in [1.54, 1.807) is 0 Å². The van der Waals surface area contributed by atoms with Crippen molar-refractivity contribution in [2.75, 3.05) is 6.61 Å². The number of hydrogen-bond donors (Lipinski definition) is 2. The molecular formula is C9H10F3NO. The molecule has 0 aliphatic carbocycles. The van der Waals surface area contributed by atoms with Crippen LogP contribution < -0.4 is 5.73 Å². The zero-order valence-electron chi connectivity index (χ0n) is 7.25. The van der Waals surface area contributed by atoms with E-state index in [-0.39, 0.29) is 5.56 Å². The lowest BCUT2D eigenvalue weighted by Gasteiger charge is -2.21. The molecule has 0 heterocycles. The average Bonchev–Trinajstić information content (AvgIpc) is 2.16. The normalized spacial score (nSPS) is 14.1. The van der Waals surface area contributed by atoms with E-state index in [4.69, 9.17) is 10.8 Å². The highest BCUT2D eigenvalue weighted by Gasteiger charge is 2.37. The van der Waals surface area contributed by atoms with Gasteiger partial charge in [0, 0.05) is 0 Å².